The standard InChI is InChI=1S/C83H144O17P2/c1-5-9-13-17-21-25-29-33-36-38-41-44-47-51-55-59-63-67-80(85)93-73-78(99-82(87)69-65-61-57-53-49-43-32-28-24-20-16-12-8-4)75-97-101(89,90)95-71-77(84)72-96-102(91,92)98-76-79(100-83(88)70-66-62-58-54-50-46-40-35-31-27-23-19-15-11-7-3)74-94-81(86)68-64-60-56-52-48-45-42-39-37-34-30-26-22-18-14-10-6-2/h9-10,13-14,21-23,25-27,33-37,40-41,44,77-79,84H,5-8,11-12,15-20,24,28-32,38-39,42-43,45-76H2,1-4H3,(H,89,90)(H,91,92)/b13-9-,14-10-,25-21-,26-22-,27-23-,36-33-,37-34-,40-35-,44-41-. The van der Waals surface area contributed by atoms with Crippen LogP contribution in [0.1, 0.15) is 336 Å². The van der Waals surface area contributed by atoms with Gasteiger partial charge in [-0.05, 0) is 128 Å². The first-order chi connectivity index (χ1) is 49.7. The number of phosphoric acid groups is 2. The number of carbonyl (C=O) groups is 4. The van der Waals surface area contributed by atoms with Crippen LogP contribution in [0.2, 0.25) is 0 Å². The van der Waals surface area contributed by atoms with Crippen LogP contribution in [0.3, 0.4) is 0 Å². The Morgan fingerprint density at radius 2 is 0.510 bits per heavy atom. The number of hydrogen-bond donors (Lipinski definition) is 3. The van der Waals surface area contributed by atoms with Gasteiger partial charge < -0.3 is 33.8 Å². The summed E-state index contributed by atoms with van der Waals surface area (Å²) in [6.45, 7) is 4.61. The number of aliphatic hydroxyl groups is 1. The first-order valence-electron chi connectivity index (χ1n) is 40.1. The average molecular weight is 1480 g/mol. The maximum absolute atomic E-state index is 13.1. The molecule has 0 amide bonds. The van der Waals surface area contributed by atoms with Gasteiger partial charge in [0.15, 0.2) is 12.2 Å². The molecule has 0 saturated heterocycles. The largest absolute Gasteiger partial charge is 0.472 e. The minimum absolute atomic E-state index is 0.0761. The zero-order chi connectivity index (χ0) is 74.6. The maximum Gasteiger partial charge on any atom is 0.472 e. The first kappa shape index (κ1) is 97.7. The number of hydrogen-bond acceptors (Lipinski definition) is 15. The lowest BCUT2D eigenvalue weighted by molar-refractivity contribution is -0.161. The summed E-state index contributed by atoms with van der Waals surface area (Å²) >= 11 is 0. The summed E-state index contributed by atoms with van der Waals surface area (Å²) in [5, 5.41) is 10.6. The van der Waals surface area contributed by atoms with Crippen molar-refractivity contribution in [3.05, 3.63) is 109 Å². The Labute approximate surface area is 619 Å². The van der Waals surface area contributed by atoms with E-state index in [1.807, 2.05) is 0 Å². The third kappa shape index (κ3) is 74.0. The van der Waals surface area contributed by atoms with Gasteiger partial charge in [-0.15, -0.1) is 0 Å². The topological polar surface area (TPSA) is 237 Å². The number of allylic oxidation sites excluding steroid dienone is 18. The lowest BCUT2D eigenvalue weighted by Gasteiger charge is -2.21. The van der Waals surface area contributed by atoms with Crippen molar-refractivity contribution in [2.75, 3.05) is 39.6 Å². The van der Waals surface area contributed by atoms with Gasteiger partial charge in [0.25, 0.3) is 0 Å². The van der Waals surface area contributed by atoms with E-state index in [-0.39, 0.29) is 25.7 Å². The number of esters is 4. The molecule has 5 unspecified atom stereocenters. The predicted molar refractivity (Wildman–Crippen MR) is 418 cm³/mol. The molecule has 0 heterocycles. The van der Waals surface area contributed by atoms with E-state index in [0.717, 1.165) is 186 Å². The highest BCUT2D eigenvalue weighted by Crippen LogP contribution is 2.45. The second-order valence-corrected chi connectivity index (χ2v) is 29.5. The fourth-order valence-corrected chi connectivity index (χ4v) is 12.2. The van der Waals surface area contributed by atoms with Crippen molar-refractivity contribution in [1.29, 1.82) is 0 Å². The summed E-state index contributed by atoms with van der Waals surface area (Å²) in [5.74, 6) is -2.21. The highest BCUT2D eigenvalue weighted by Gasteiger charge is 2.30. The molecule has 0 bridgehead atoms. The third-order valence-electron chi connectivity index (χ3n) is 16.7. The van der Waals surface area contributed by atoms with Gasteiger partial charge >= 0.3 is 39.5 Å². The van der Waals surface area contributed by atoms with Crippen molar-refractivity contribution in [3.63, 3.8) is 0 Å². The van der Waals surface area contributed by atoms with E-state index in [2.05, 4.69) is 137 Å². The molecule has 0 aromatic carbocycles. The second-order valence-electron chi connectivity index (χ2n) is 26.6. The van der Waals surface area contributed by atoms with E-state index < -0.39 is 97.5 Å². The van der Waals surface area contributed by atoms with Crippen LogP contribution in [0.5, 0.6) is 0 Å². The summed E-state index contributed by atoms with van der Waals surface area (Å²) in [5.41, 5.74) is 0. The Kier molecular flexibility index (Phi) is 71.8. The zero-order valence-corrected chi connectivity index (χ0v) is 66.0. The van der Waals surface area contributed by atoms with E-state index >= 15 is 0 Å². The van der Waals surface area contributed by atoms with Gasteiger partial charge in [0.05, 0.1) is 26.4 Å². The van der Waals surface area contributed by atoms with Crippen molar-refractivity contribution in [1.82, 2.24) is 0 Å². The molecule has 0 saturated carbocycles. The molecule has 0 aliphatic heterocycles. The lowest BCUT2D eigenvalue weighted by atomic mass is 10.0. The third-order valence-corrected chi connectivity index (χ3v) is 18.6. The fourth-order valence-electron chi connectivity index (χ4n) is 10.7. The summed E-state index contributed by atoms with van der Waals surface area (Å²) in [6, 6.07) is 0. The van der Waals surface area contributed by atoms with Gasteiger partial charge in [0.2, 0.25) is 0 Å². The molecule has 0 radical (unpaired) electrons. The van der Waals surface area contributed by atoms with Gasteiger partial charge in [0, 0.05) is 25.7 Å². The van der Waals surface area contributed by atoms with Crippen LogP contribution in [0.25, 0.3) is 0 Å². The summed E-state index contributed by atoms with van der Waals surface area (Å²) in [4.78, 5) is 73.0. The Morgan fingerprint density at radius 3 is 0.804 bits per heavy atom. The Balaban J connectivity index is 5.37. The molecular formula is C83H144O17P2. The van der Waals surface area contributed by atoms with E-state index in [0.29, 0.717) is 25.7 Å². The fraction of sp³-hybridized carbons (Fsp3) is 0.735. The molecule has 0 aliphatic carbocycles. The molecule has 19 heteroatoms. The highest BCUT2D eigenvalue weighted by atomic mass is 31.2. The van der Waals surface area contributed by atoms with Gasteiger partial charge in [-0.1, -0.05) is 291 Å². The van der Waals surface area contributed by atoms with Gasteiger partial charge in [-0.2, -0.15) is 0 Å². The van der Waals surface area contributed by atoms with E-state index in [1.165, 1.54) is 70.6 Å². The van der Waals surface area contributed by atoms with Crippen LogP contribution in [-0.2, 0) is 65.4 Å². The lowest BCUT2D eigenvalue weighted by Crippen LogP contribution is -2.30. The van der Waals surface area contributed by atoms with E-state index in [4.69, 9.17) is 37.0 Å². The molecule has 5 atom stereocenters. The molecule has 0 aromatic heterocycles. The highest BCUT2D eigenvalue weighted by molar-refractivity contribution is 7.47. The van der Waals surface area contributed by atoms with E-state index in [1.54, 1.807) is 0 Å². The second kappa shape index (κ2) is 75.0. The summed E-state index contributed by atoms with van der Waals surface area (Å²) in [6.07, 6.45) is 80.6. The summed E-state index contributed by atoms with van der Waals surface area (Å²) in [7, 11) is -9.96. The number of carbonyl (C=O) groups excluding carboxylic acids is 4. The Bertz CT molecular complexity index is 2360. The number of rotatable bonds is 75. The molecule has 102 heavy (non-hydrogen) atoms. The minimum atomic E-state index is -4.98. The van der Waals surface area contributed by atoms with Crippen molar-refractivity contribution in [2.45, 2.75) is 354 Å². The zero-order valence-electron chi connectivity index (χ0n) is 64.3. The molecule has 0 rings (SSSR count). The quantitative estimate of drug-likeness (QED) is 0.0169. The minimum Gasteiger partial charge on any atom is -0.462 e. The van der Waals surface area contributed by atoms with Crippen molar-refractivity contribution in [2.24, 2.45) is 0 Å². The van der Waals surface area contributed by atoms with Gasteiger partial charge in [-0.3, -0.25) is 37.3 Å². The number of ether oxygens (including phenoxy) is 4. The predicted octanol–water partition coefficient (Wildman–Crippen LogP) is 23.3. The monoisotopic (exact) mass is 1470 g/mol. The Hall–Kier alpha value is -4.28. The molecular weight excluding hydrogens is 1330 g/mol. The van der Waals surface area contributed by atoms with Crippen LogP contribution in [0, 0.1) is 0 Å². The normalized spacial score (nSPS) is 14.5. The van der Waals surface area contributed by atoms with Crippen LogP contribution in [0.15, 0.2) is 109 Å². The average Bonchev–Trinajstić information content (AvgIpc) is 0.908. The smallest absolute Gasteiger partial charge is 0.462 e. The van der Waals surface area contributed by atoms with Crippen molar-refractivity contribution in [3.8, 4) is 0 Å². The number of phosphoric ester groups is 2. The van der Waals surface area contributed by atoms with Gasteiger partial charge in [-0.25, -0.2) is 9.13 Å². The molecule has 17 nitrogen and oxygen atoms in total. The van der Waals surface area contributed by atoms with Crippen LogP contribution in [0.4, 0.5) is 0 Å². The number of aliphatic hydroxyl groups excluding tert-OH is 1. The number of unbranched alkanes of at least 4 members (excludes halogenated alkanes) is 31. The molecule has 3 N–H and O–H groups in total. The van der Waals surface area contributed by atoms with E-state index in [9.17, 15) is 43.2 Å². The summed E-state index contributed by atoms with van der Waals surface area (Å²) < 4.78 is 68.6. The van der Waals surface area contributed by atoms with Crippen LogP contribution in [-0.4, -0.2) is 96.7 Å². The van der Waals surface area contributed by atoms with Gasteiger partial charge in [0.1, 0.15) is 19.3 Å². The van der Waals surface area contributed by atoms with Crippen molar-refractivity contribution >= 4 is 39.5 Å². The molecule has 0 fully saturated rings. The Morgan fingerprint density at radius 1 is 0.284 bits per heavy atom. The first-order valence-corrected chi connectivity index (χ1v) is 43.1. The maximum atomic E-state index is 13.1. The van der Waals surface area contributed by atoms with Crippen molar-refractivity contribution < 1.29 is 80.2 Å². The molecule has 588 valence electrons. The molecule has 0 aliphatic rings. The SMILES string of the molecule is CC/C=C\C/C=C\C/C=C\C/C=C\CCCCCCC(=O)OCC(COP(=O)(O)OCC(O)COP(=O)(O)OCC(COC(=O)CCCCCCCCC/C=C\C/C=C\C/C=C\CC)OC(=O)CCCCCCC/C=C\C/C=C\CCCCC)OC(=O)CCCCCCCCCCCCCCC. The molecule has 0 spiro atoms. The van der Waals surface area contributed by atoms with Crippen LogP contribution >= 0.6 is 15.6 Å². The van der Waals surface area contributed by atoms with Crippen LogP contribution < -0.4 is 0 Å². The molecule has 0 aromatic rings.